The Hall–Kier alpha value is -2.35. The number of carboxylic acid groups (broad SMARTS) is 1. The quantitative estimate of drug-likeness (QED) is 0.883. The third-order valence-corrected chi connectivity index (χ3v) is 3.98. The van der Waals surface area contributed by atoms with Crippen molar-refractivity contribution in [3.8, 4) is 0 Å². The van der Waals surface area contributed by atoms with E-state index in [1.165, 1.54) is 30.5 Å². The van der Waals surface area contributed by atoms with Gasteiger partial charge in [-0.1, -0.05) is 6.07 Å². The van der Waals surface area contributed by atoms with Gasteiger partial charge in [-0.3, -0.25) is 4.72 Å². The highest BCUT2D eigenvalue weighted by Gasteiger charge is 2.19. The van der Waals surface area contributed by atoms with E-state index in [0.717, 1.165) is 0 Å². The number of sulfonamides is 1. The molecule has 2 rings (SSSR count). The number of nitrogens with one attached hydrogen (secondary N) is 1. The monoisotopic (exact) mass is 295 g/mol. The van der Waals surface area contributed by atoms with E-state index in [2.05, 4.69) is 9.71 Å². The lowest BCUT2D eigenvalue weighted by atomic mass is 10.2. The van der Waals surface area contributed by atoms with Crippen molar-refractivity contribution in [2.75, 3.05) is 4.72 Å². The van der Waals surface area contributed by atoms with Gasteiger partial charge in [-0.2, -0.15) is 8.42 Å². The second-order valence-corrected chi connectivity index (χ2v) is 5.86. The van der Waals surface area contributed by atoms with Crippen LogP contribution in [0.4, 0.5) is 5.69 Å². The van der Waals surface area contributed by atoms with Gasteiger partial charge in [0.2, 0.25) is 0 Å². The van der Waals surface area contributed by atoms with Gasteiger partial charge in [0, 0.05) is 18.9 Å². The van der Waals surface area contributed by atoms with Crippen molar-refractivity contribution >= 4 is 21.7 Å². The number of nitrogens with zero attached hydrogens (tertiary/aromatic N) is 2. The van der Waals surface area contributed by atoms with E-state index in [4.69, 9.17) is 5.11 Å². The van der Waals surface area contributed by atoms with Gasteiger partial charge in [0.15, 0.2) is 5.03 Å². The molecule has 1 heterocycles. The summed E-state index contributed by atoms with van der Waals surface area (Å²) in [6, 6.07) is 5.56. The Morgan fingerprint density at radius 2 is 2.10 bits per heavy atom. The maximum atomic E-state index is 12.1. The maximum Gasteiger partial charge on any atom is 0.335 e. The molecule has 0 amide bonds. The van der Waals surface area contributed by atoms with Gasteiger partial charge < -0.3 is 9.67 Å². The summed E-state index contributed by atoms with van der Waals surface area (Å²) in [4.78, 5) is 14.8. The molecule has 1 aromatic carbocycles. The number of carboxylic acids is 1. The summed E-state index contributed by atoms with van der Waals surface area (Å²) in [5.41, 5.74) is 0.176. The van der Waals surface area contributed by atoms with E-state index in [-0.39, 0.29) is 16.3 Å². The van der Waals surface area contributed by atoms with E-state index < -0.39 is 16.0 Å². The molecule has 2 N–H and O–H groups in total. The fraction of sp³-hybridized carbons (Fsp3) is 0.167. The SMILES string of the molecule is Cc1nc(S(=O)(=O)Nc2cccc(C(=O)O)c2)cn1C. The number of hydrogen-bond donors (Lipinski definition) is 2. The van der Waals surface area contributed by atoms with Crippen molar-refractivity contribution in [3.05, 3.63) is 41.9 Å². The number of aromatic carboxylic acids is 1. The Bertz CT molecular complexity index is 745. The van der Waals surface area contributed by atoms with Crippen LogP contribution in [0.5, 0.6) is 0 Å². The van der Waals surface area contributed by atoms with Crippen molar-refractivity contribution in [1.29, 1.82) is 0 Å². The maximum absolute atomic E-state index is 12.1. The summed E-state index contributed by atoms with van der Waals surface area (Å²) in [5.74, 6) is -0.565. The van der Waals surface area contributed by atoms with Crippen molar-refractivity contribution in [2.45, 2.75) is 11.9 Å². The lowest BCUT2D eigenvalue weighted by Crippen LogP contribution is -2.14. The predicted octanol–water partition coefficient (Wildman–Crippen LogP) is 1.23. The molecular weight excluding hydrogens is 282 g/mol. The zero-order valence-corrected chi connectivity index (χ0v) is 11.7. The van der Waals surface area contributed by atoms with Crippen LogP contribution in [0.1, 0.15) is 16.2 Å². The van der Waals surface area contributed by atoms with Crippen LogP contribution in [-0.4, -0.2) is 29.0 Å². The van der Waals surface area contributed by atoms with Gasteiger partial charge in [0.25, 0.3) is 10.0 Å². The third-order valence-electron chi connectivity index (χ3n) is 2.72. The molecule has 0 aliphatic rings. The lowest BCUT2D eigenvalue weighted by Gasteiger charge is -2.06. The first-order valence-corrected chi connectivity index (χ1v) is 7.14. The third kappa shape index (κ3) is 2.80. The largest absolute Gasteiger partial charge is 0.478 e. The molecule has 106 valence electrons. The first-order chi connectivity index (χ1) is 9.29. The number of benzene rings is 1. The second-order valence-electron chi connectivity index (χ2n) is 4.23. The minimum atomic E-state index is -3.83. The highest BCUT2D eigenvalue weighted by Crippen LogP contribution is 2.16. The van der Waals surface area contributed by atoms with Gasteiger partial charge in [-0.25, -0.2) is 9.78 Å². The van der Waals surface area contributed by atoms with E-state index >= 15 is 0 Å². The number of anilines is 1. The van der Waals surface area contributed by atoms with Gasteiger partial charge in [0.05, 0.1) is 5.56 Å². The summed E-state index contributed by atoms with van der Waals surface area (Å²) in [6.07, 6.45) is 1.39. The number of aromatic nitrogens is 2. The van der Waals surface area contributed by atoms with Crippen LogP contribution >= 0.6 is 0 Å². The van der Waals surface area contributed by atoms with Gasteiger partial charge in [-0.05, 0) is 25.1 Å². The summed E-state index contributed by atoms with van der Waals surface area (Å²) >= 11 is 0. The number of imidazole rings is 1. The molecule has 0 spiro atoms. The molecule has 8 heteroatoms. The van der Waals surface area contributed by atoms with Crippen molar-refractivity contribution in [3.63, 3.8) is 0 Å². The first-order valence-electron chi connectivity index (χ1n) is 5.66. The Kier molecular flexibility index (Phi) is 3.49. The molecule has 0 atom stereocenters. The van der Waals surface area contributed by atoms with Crippen LogP contribution in [0.3, 0.4) is 0 Å². The van der Waals surface area contributed by atoms with E-state index in [1.807, 2.05) is 0 Å². The highest BCUT2D eigenvalue weighted by atomic mass is 32.2. The van der Waals surface area contributed by atoms with E-state index in [0.29, 0.717) is 5.82 Å². The minimum Gasteiger partial charge on any atom is -0.478 e. The van der Waals surface area contributed by atoms with Crippen LogP contribution in [0.15, 0.2) is 35.5 Å². The molecule has 0 aliphatic carbocycles. The average Bonchev–Trinajstić information content (AvgIpc) is 2.70. The standard InChI is InChI=1S/C12H13N3O4S/c1-8-13-11(7-15(8)2)20(18,19)14-10-5-3-4-9(6-10)12(16)17/h3-7,14H,1-2H3,(H,16,17). The van der Waals surface area contributed by atoms with Crippen LogP contribution in [0.2, 0.25) is 0 Å². The van der Waals surface area contributed by atoms with E-state index in [1.54, 1.807) is 18.5 Å². The van der Waals surface area contributed by atoms with Crippen LogP contribution in [0, 0.1) is 6.92 Å². The van der Waals surface area contributed by atoms with Gasteiger partial charge in [0.1, 0.15) is 5.82 Å². The fourth-order valence-electron chi connectivity index (χ4n) is 1.58. The first kappa shape index (κ1) is 14.1. The summed E-state index contributed by atoms with van der Waals surface area (Å²) in [6.45, 7) is 1.68. The smallest absolute Gasteiger partial charge is 0.335 e. The summed E-state index contributed by atoms with van der Waals surface area (Å²) < 4.78 is 28.1. The van der Waals surface area contributed by atoms with Crippen molar-refractivity contribution in [2.24, 2.45) is 7.05 Å². The molecular formula is C12H13N3O4S. The van der Waals surface area contributed by atoms with Gasteiger partial charge in [-0.15, -0.1) is 0 Å². The van der Waals surface area contributed by atoms with Gasteiger partial charge >= 0.3 is 5.97 Å². The molecule has 7 nitrogen and oxygen atoms in total. The van der Waals surface area contributed by atoms with E-state index in [9.17, 15) is 13.2 Å². The Labute approximate surface area is 115 Å². The Morgan fingerprint density at radius 3 is 2.65 bits per heavy atom. The normalized spacial score (nSPS) is 11.3. The zero-order chi connectivity index (χ0) is 14.9. The molecule has 0 fully saturated rings. The molecule has 2 aromatic rings. The molecule has 0 saturated heterocycles. The molecule has 20 heavy (non-hydrogen) atoms. The molecule has 0 radical (unpaired) electrons. The van der Waals surface area contributed by atoms with Crippen LogP contribution < -0.4 is 4.72 Å². The Balaban J connectivity index is 2.33. The molecule has 0 saturated carbocycles. The predicted molar refractivity (Wildman–Crippen MR) is 72.2 cm³/mol. The molecule has 1 aromatic heterocycles. The summed E-state index contributed by atoms with van der Waals surface area (Å²) in [7, 11) is -2.15. The fourth-order valence-corrected chi connectivity index (χ4v) is 2.67. The topological polar surface area (TPSA) is 101 Å². The van der Waals surface area contributed by atoms with Crippen LogP contribution in [-0.2, 0) is 17.1 Å². The molecule has 0 unspecified atom stereocenters. The zero-order valence-electron chi connectivity index (χ0n) is 10.9. The summed E-state index contributed by atoms with van der Waals surface area (Å²) in [5, 5.41) is 8.76. The van der Waals surface area contributed by atoms with Crippen molar-refractivity contribution in [1.82, 2.24) is 9.55 Å². The molecule has 0 aliphatic heterocycles. The minimum absolute atomic E-state index is 0.00222. The Morgan fingerprint density at radius 1 is 1.40 bits per heavy atom. The number of rotatable bonds is 4. The van der Waals surface area contributed by atoms with Crippen molar-refractivity contribution < 1.29 is 18.3 Å². The number of hydrogen-bond acceptors (Lipinski definition) is 4. The average molecular weight is 295 g/mol. The number of aryl methyl sites for hydroxylation is 2. The highest BCUT2D eigenvalue weighted by molar-refractivity contribution is 7.92. The number of carbonyl (C=O) groups is 1. The lowest BCUT2D eigenvalue weighted by molar-refractivity contribution is 0.0697. The van der Waals surface area contributed by atoms with Crippen LogP contribution in [0.25, 0.3) is 0 Å². The second kappa shape index (κ2) is 4.97. The molecule has 0 bridgehead atoms.